The van der Waals surface area contributed by atoms with Crippen molar-refractivity contribution in [1.29, 1.82) is 0 Å². The lowest BCUT2D eigenvalue weighted by molar-refractivity contribution is 0.251. The van der Waals surface area contributed by atoms with E-state index in [0.717, 1.165) is 11.3 Å². The van der Waals surface area contributed by atoms with Gasteiger partial charge in [0.15, 0.2) is 0 Å². The number of benzene rings is 1. The van der Waals surface area contributed by atoms with Crippen molar-refractivity contribution in [2.75, 3.05) is 13.7 Å². The fourth-order valence-electron chi connectivity index (χ4n) is 1.15. The van der Waals surface area contributed by atoms with Gasteiger partial charge in [-0.15, -0.1) is 0 Å². The number of aliphatic hydroxyl groups is 1. The first-order valence-corrected chi connectivity index (χ1v) is 5.21. The Balaban J connectivity index is 2.62. The summed E-state index contributed by atoms with van der Waals surface area (Å²) in [5.41, 5.74) is 0.998. The Morgan fingerprint density at radius 1 is 1.53 bits per heavy atom. The largest absolute Gasteiger partial charge is 0.497 e. The molecule has 0 saturated heterocycles. The van der Waals surface area contributed by atoms with Crippen LogP contribution in [0, 0.1) is 0 Å². The van der Waals surface area contributed by atoms with Crippen molar-refractivity contribution in [2.24, 2.45) is 0 Å². The highest BCUT2D eigenvalue weighted by atomic mass is 35.5. The van der Waals surface area contributed by atoms with Gasteiger partial charge in [0.05, 0.1) is 13.7 Å². The van der Waals surface area contributed by atoms with Gasteiger partial charge in [0.2, 0.25) is 0 Å². The quantitative estimate of drug-likeness (QED) is 0.810. The molecule has 0 bridgehead atoms. The number of hydrogen-bond acceptors (Lipinski definition) is 3. The summed E-state index contributed by atoms with van der Waals surface area (Å²) >= 11 is 6.05. The number of hydrogen-bond donors (Lipinski definition) is 2. The van der Waals surface area contributed by atoms with Crippen LogP contribution in [0.2, 0.25) is 5.02 Å². The highest BCUT2D eigenvalue weighted by Gasteiger charge is 2.04. The minimum absolute atomic E-state index is 0.0724. The number of nitrogens with one attached hydrogen (secondary N) is 1. The van der Waals surface area contributed by atoms with Gasteiger partial charge in [0.1, 0.15) is 5.75 Å². The van der Waals surface area contributed by atoms with E-state index in [1.54, 1.807) is 13.2 Å². The standard InChI is InChI=1S/C11H16ClNO2/c1-8(7-14)13-6-9-3-4-10(15-2)5-11(9)12/h3-5,8,13-14H,6-7H2,1-2H3. The summed E-state index contributed by atoms with van der Waals surface area (Å²) in [5, 5.41) is 12.7. The molecule has 0 radical (unpaired) electrons. The molecule has 1 aromatic carbocycles. The molecule has 0 aliphatic heterocycles. The van der Waals surface area contributed by atoms with Crippen LogP contribution < -0.4 is 10.1 Å². The molecule has 15 heavy (non-hydrogen) atoms. The van der Waals surface area contributed by atoms with Crippen molar-refractivity contribution in [2.45, 2.75) is 19.5 Å². The molecule has 1 aromatic rings. The summed E-state index contributed by atoms with van der Waals surface area (Å²) in [6, 6.07) is 5.63. The van der Waals surface area contributed by atoms with Crippen LogP contribution in [0.15, 0.2) is 18.2 Å². The maximum atomic E-state index is 8.85. The molecule has 0 heterocycles. The Labute approximate surface area is 95.0 Å². The molecule has 3 nitrogen and oxygen atoms in total. The lowest BCUT2D eigenvalue weighted by Gasteiger charge is -2.12. The van der Waals surface area contributed by atoms with Gasteiger partial charge in [-0.05, 0) is 24.6 Å². The van der Waals surface area contributed by atoms with Crippen LogP contribution in [0.5, 0.6) is 5.75 Å². The minimum atomic E-state index is 0.0724. The Hall–Kier alpha value is -0.770. The van der Waals surface area contributed by atoms with E-state index in [1.807, 2.05) is 19.1 Å². The topological polar surface area (TPSA) is 41.5 Å². The van der Waals surface area contributed by atoms with Crippen molar-refractivity contribution < 1.29 is 9.84 Å². The molecule has 0 aromatic heterocycles. The second-order valence-electron chi connectivity index (χ2n) is 3.42. The third kappa shape index (κ3) is 3.70. The summed E-state index contributed by atoms with van der Waals surface area (Å²) in [6.07, 6.45) is 0. The van der Waals surface area contributed by atoms with E-state index in [1.165, 1.54) is 0 Å². The number of ether oxygens (including phenoxy) is 1. The van der Waals surface area contributed by atoms with Gasteiger partial charge >= 0.3 is 0 Å². The molecule has 4 heteroatoms. The monoisotopic (exact) mass is 229 g/mol. The van der Waals surface area contributed by atoms with Gasteiger partial charge in [-0.3, -0.25) is 0 Å². The third-order valence-corrected chi connectivity index (χ3v) is 2.53. The van der Waals surface area contributed by atoms with E-state index in [4.69, 9.17) is 21.4 Å². The van der Waals surface area contributed by atoms with Crippen molar-refractivity contribution in [1.82, 2.24) is 5.32 Å². The second-order valence-corrected chi connectivity index (χ2v) is 3.83. The number of rotatable bonds is 5. The SMILES string of the molecule is COc1ccc(CNC(C)CO)c(Cl)c1. The van der Waals surface area contributed by atoms with Gasteiger partial charge in [-0.1, -0.05) is 17.7 Å². The predicted molar refractivity (Wildman–Crippen MR) is 61.4 cm³/mol. The Morgan fingerprint density at radius 2 is 2.27 bits per heavy atom. The highest BCUT2D eigenvalue weighted by molar-refractivity contribution is 6.31. The molecular weight excluding hydrogens is 214 g/mol. The zero-order valence-electron chi connectivity index (χ0n) is 8.96. The number of methoxy groups -OCH3 is 1. The molecule has 84 valence electrons. The van der Waals surface area contributed by atoms with E-state index >= 15 is 0 Å². The molecule has 0 aliphatic carbocycles. The van der Waals surface area contributed by atoms with Crippen LogP contribution >= 0.6 is 11.6 Å². The number of halogens is 1. The van der Waals surface area contributed by atoms with Crippen LogP contribution in [0.25, 0.3) is 0 Å². The molecule has 0 saturated carbocycles. The smallest absolute Gasteiger partial charge is 0.120 e. The van der Waals surface area contributed by atoms with Crippen LogP contribution in [-0.2, 0) is 6.54 Å². The first-order chi connectivity index (χ1) is 7.17. The van der Waals surface area contributed by atoms with Crippen LogP contribution in [-0.4, -0.2) is 24.9 Å². The molecule has 1 unspecified atom stereocenters. The highest BCUT2D eigenvalue weighted by Crippen LogP contribution is 2.22. The molecule has 0 fully saturated rings. The van der Waals surface area contributed by atoms with Gasteiger partial charge in [-0.2, -0.15) is 0 Å². The molecule has 1 rings (SSSR count). The maximum absolute atomic E-state index is 8.85. The molecule has 1 atom stereocenters. The van der Waals surface area contributed by atoms with E-state index in [2.05, 4.69) is 5.32 Å². The Kier molecular flexibility index (Phi) is 4.88. The summed E-state index contributed by atoms with van der Waals surface area (Å²) in [7, 11) is 1.61. The van der Waals surface area contributed by atoms with Gasteiger partial charge in [-0.25, -0.2) is 0 Å². The number of aliphatic hydroxyl groups excluding tert-OH is 1. The second kappa shape index (κ2) is 5.95. The van der Waals surface area contributed by atoms with Crippen LogP contribution in [0.4, 0.5) is 0 Å². The summed E-state index contributed by atoms with van der Waals surface area (Å²) < 4.78 is 5.05. The van der Waals surface area contributed by atoms with Crippen molar-refractivity contribution in [3.05, 3.63) is 28.8 Å². The maximum Gasteiger partial charge on any atom is 0.120 e. The van der Waals surface area contributed by atoms with Gasteiger partial charge in [0.25, 0.3) is 0 Å². The summed E-state index contributed by atoms with van der Waals surface area (Å²) in [4.78, 5) is 0. The minimum Gasteiger partial charge on any atom is -0.497 e. The van der Waals surface area contributed by atoms with Crippen molar-refractivity contribution in [3.63, 3.8) is 0 Å². The third-order valence-electron chi connectivity index (χ3n) is 2.18. The average Bonchev–Trinajstić information content (AvgIpc) is 2.26. The van der Waals surface area contributed by atoms with E-state index < -0.39 is 0 Å². The Morgan fingerprint density at radius 3 is 2.80 bits per heavy atom. The van der Waals surface area contributed by atoms with Gasteiger partial charge in [0, 0.05) is 17.6 Å². The molecule has 2 N–H and O–H groups in total. The average molecular weight is 230 g/mol. The molecule has 0 amide bonds. The van der Waals surface area contributed by atoms with E-state index in [9.17, 15) is 0 Å². The van der Waals surface area contributed by atoms with E-state index in [-0.39, 0.29) is 12.6 Å². The first kappa shape index (κ1) is 12.3. The molecule has 0 spiro atoms. The zero-order valence-corrected chi connectivity index (χ0v) is 9.71. The van der Waals surface area contributed by atoms with Crippen molar-refractivity contribution >= 4 is 11.6 Å². The van der Waals surface area contributed by atoms with Crippen LogP contribution in [0.3, 0.4) is 0 Å². The predicted octanol–water partition coefficient (Wildman–Crippen LogP) is 1.82. The van der Waals surface area contributed by atoms with Crippen molar-refractivity contribution in [3.8, 4) is 5.75 Å². The fraction of sp³-hybridized carbons (Fsp3) is 0.455. The fourth-order valence-corrected chi connectivity index (χ4v) is 1.38. The van der Waals surface area contributed by atoms with E-state index in [0.29, 0.717) is 11.6 Å². The summed E-state index contributed by atoms with van der Waals surface area (Å²) in [5.74, 6) is 0.749. The first-order valence-electron chi connectivity index (χ1n) is 4.84. The lowest BCUT2D eigenvalue weighted by atomic mass is 10.2. The Bertz CT molecular complexity index is 317. The lowest BCUT2D eigenvalue weighted by Crippen LogP contribution is -2.28. The normalized spacial score (nSPS) is 12.5. The zero-order chi connectivity index (χ0) is 11.3. The molecule has 0 aliphatic rings. The van der Waals surface area contributed by atoms with Gasteiger partial charge < -0.3 is 15.2 Å². The van der Waals surface area contributed by atoms with Crippen LogP contribution in [0.1, 0.15) is 12.5 Å². The summed E-state index contributed by atoms with van der Waals surface area (Å²) in [6.45, 7) is 2.68. The molecular formula is C11H16ClNO2.